The zero-order valence-electron chi connectivity index (χ0n) is 17.3. The van der Waals surface area contributed by atoms with Gasteiger partial charge >= 0.3 is 0 Å². The van der Waals surface area contributed by atoms with E-state index in [9.17, 15) is 13.2 Å². The SMILES string of the molecule is CCC(C)C(NS(=O)(=O)c1ccc2ccccc2c1)C(=O)NCCc1ccccc1. The molecule has 5 nitrogen and oxygen atoms in total. The van der Waals surface area contributed by atoms with Crippen LogP contribution in [-0.4, -0.2) is 26.9 Å². The van der Waals surface area contributed by atoms with Crippen LogP contribution in [-0.2, 0) is 21.2 Å². The van der Waals surface area contributed by atoms with Crippen LogP contribution in [0, 0.1) is 5.92 Å². The summed E-state index contributed by atoms with van der Waals surface area (Å²) < 4.78 is 28.7. The van der Waals surface area contributed by atoms with Crippen LogP contribution >= 0.6 is 0 Å². The Morgan fingerprint density at radius 1 is 0.933 bits per heavy atom. The first-order chi connectivity index (χ1) is 14.4. The minimum Gasteiger partial charge on any atom is -0.354 e. The largest absolute Gasteiger partial charge is 0.354 e. The molecule has 1 amide bonds. The van der Waals surface area contributed by atoms with Crippen molar-refractivity contribution in [2.45, 2.75) is 37.6 Å². The van der Waals surface area contributed by atoms with Crippen LogP contribution in [0.15, 0.2) is 77.7 Å². The molecule has 0 fully saturated rings. The van der Waals surface area contributed by atoms with Crippen molar-refractivity contribution < 1.29 is 13.2 Å². The van der Waals surface area contributed by atoms with Gasteiger partial charge in [-0.05, 0) is 40.8 Å². The number of nitrogens with one attached hydrogen (secondary N) is 2. The molecule has 2 unspecified atom stereocenters. The Labute approximate surface area is 178 Å². The van der Waals surface area contributed by atoms with E-state index in [-0.39, 0.29) is 16.7 Å². The summed E-state index contributed by atoms with van der Waals surface area (Å²) in [7, 11) is -3.84. The van der Waals surface area contributed by atoms with Crippen LogP contribution in [0.3, 0.4) is 0 Å². The molecule has 0 radical (unpaired) electrons. The van der Waals surface area contributed by atoms with Gasteiger partial charge in [0.05, 0.1) is 4.90 Å². The minimum absolute atomic E-state index is 0.142. The molecule has 0 spiro atoms. The smallest absolute Gasteiger partial charge is 0.241 e. The molecule has 0 aromatic heterocycles. The van der Waals surface area contributed by atoms with Gasteiger partial charge in [0.25, 0.3) is 0 Å². The molecule has 0 saturated heterocycles. The molecule has 2 N–H and O–H groups in total. The summed E-state index contributed by atoms with van der Waals surface area (Å²) >= 11 is 0. The minimum atomic E-state index is -3.84. The Morgan fingerprint density at radius 2 is 1.60 bits per heavy atom. The van der Waals surface area contributed by atoms with Crippen LogP contribution in [0.5, 0.6) is 0 Å². The monoisotopic (exact) mass is 424 g/mol. The van der Waals surface area contributed by atoms with Crippen molar-refractivity contribution in [1.82, 2.24) is 10.0 Å². The van der Waals surface area contributed by atoms with E-state index < -0.39 is 16.1 Å². The molecular weight excluding hydrogens is 396 g/mol. The second kappa shape index (κ2) is 9.87. The highest BCUT2D eigenvalue weighted by Crippen LogP contribution is 2.20. The fourth-order valence-corrected chi connectivity index (χ4v) is 4.66. The van der Waals surface area contributed by atoms with Gasteiger partial charge in [-0.3, -0.25) is 4.79 Å². The first-order valence-corrected chi connectivity index (χ1v) is 11.7. The summed E-state index contributed by atoms with van der Waals surface area (Å²) in [5, 5.41) is 4.69. The van der Waals surface area contributed by atoms with Gasteiger partial charge in [0.2, 0.25) is 15.9 Å². The Balaban J connectivity index is 1.73. The summed E-state index contributed by atoms with van der Waals surface area (Å²) in [5.41, 5.74) is 1.12. The van der Waals surface area contributed by atoms with Crippen molar-refractivity contribution in [3.63, 3.8) is 0 Å². The Hall–Kier alpha value is -2.70. The van der Waals surface area contributed by atoms with E-state index in [0.29, 0.717) is 19.4 Å². The second-order valence-corrected chi connectivity index (χ2v) is 9.23. The fraction of sp³-hybridized carbons (Fsp3) is 0.292. The average molecular weight is 425 g/mol. The molecule has 3 aromatic rings. The number of carbonyl (C=O) groups excluding carboxylic acids is 1. The van der Waals surface area contributed by atoms with Crippen molar-refractivity contribution in [3.8, 4) is 0 Å². The number of hydrogen-bond donors (Lipinski definition) is 2. The van der Waals surface area contributed by atoms with Gasteiger partial charge in [0.15, 0.2) is 0 Å². The molecule has 0 aliphatic carbocycles. The number of amides is 1. The quantitative estimate of drug-likeness (QED) is 0.547. The predicted molar refractivity (Wildman–Crippen MR) is 121 cm³/mol. The molecule has 0 heterocycles. The highest BCUT2D eigenvalue weighted by atomic mass is 32.2. The summed E-state index contributed by atoms with van der Waals surface area (Å²) in [4.78, 5) is 13.0. The van der Waals surface area contributed by atoms with Gasteiger partial charge in [-0.15, -0.1) is 0 Å². The second-order valence-electron chi connectivity index (χ2n) is 7.52. The topological polar surface area (TPSA) is 75.3 Å². The van der Waals surface area contributed by atoms with Crippen LogP contribution in [0.1, 0.15) is 25.8 Å². The predicted octanol–water partition coefficient (Wildman–Crippen LogP) is 3.89. The maximum Gasteiger partial charge on any atom is 0.241 e. The lowest BCUT2D eigenvalue weighted by Crippen LogP contribution is -2.50. The highest BCUT2D eigenvalue weighted by Gasteiger charge is 2.29. The zero-order valence-corrected chi connectivity index (χ0v) is 18.2. The van der Waals surface area contributed by atoms with Crippen molar-refractivity contribution in [1.29, 1.82) is 0 Å². The third-order valence-electron chi connectivity index (χ3n) is 5.36. The number of hydrogen-bond acceptors (Lipinski definition) is 3. The van der Waals surface area contributed by atoms with Gasteiger partial charge in [-0.1, -0.05) is 80.9 Å². The highest BCUT2D eigenvalue weighted by molar-refractivity contribution is 7.89. The summed E-state index contributed by atoms with van der Waals surface area (Å²) in [5.74, 6) is -0.443. The van der Waals surface area contributed by atoms with Gasteiger partial charge in [-0.2, -0.15) is 4.72 Å². The fourth-order valence-electron chi connectivity index (χ4n) is 3.32. The van der Waals surface area contributed by atoms with Crippen molar-refractivity contribution in [2.24, 2.45) is 5.92 Å². The molecule has 3 aromatic carbocycles. The number of carbonyl (C=O) groups is 1. The third-order valence-corrected chi connectivity index (χ3v) is 6.80. The van der Waals surface area contributed by atoms with Gasteiger partial charge in [0, 0.05) is 6.54 Å². The number of sulfonamides is 1. The molecular formula is C24H28N2O3S. The Kier molecular flexibility index (Phi) is 7.24. The average Bonchev–Trinajstić information content (AvgIpc) is 2.77. The standard InChI is InChI=1S/C24H28N2O3S/c1-3-18(2)23(24(27)25-16-15-19-9-5-4-6-10-19)26-30(28,29)22-14-13-20-11-7-8-12-21(20)17-22/h4-14,17-18,23,26H,3,15-16H2,1-2H3,(H,25,27). The van der Waals surface area contributed by atoms with E-state index in [2.05, 4.69) is 10.0 Å². The van der Waals surface area contributed by atoms with Gasteiger partial charge < -0.3 is 5.32 Å². The molecule has 158 valence electrons. The van der Waals surface area contributed by atoms with Crippen LogP contribution in [0.4, 0.5) is 0 Å². The summed E-state index contributed by atoms with van der Waals surface area (Å²) in [6.07, 6.45) is 1.37. The van der Waals surface area contributed by atoms with Crippen molar-refractivity contribution >= 4 is 26.7 Å². The van der Waals surface area contributed by atoms with Crippen molar-refractivity contribution in [3.05, 3.63) is 78.4 Å². The lowest BCUT2D eigenvalue weighted by atomic mass is 9.99. The Morgan fingerprint density at radius 3 is 2.30 bits per heavy atom. The maximum absolute atomic E-state index is 13.0. The van der Waals surface area contributed by atoms with Crippen LogP contribution < -0.4 is 10.0 Å². The number of fused-ring (bicyclic) bond motifs is 1. The summed E-state index contributed by atoms with van der Waals surface area (Å²) in [6, 6.07) is 21.6. The van der Waals surface area contributed by atoms with E-state index in [0.717, 1.165) is 16.3 Å². The lowest BCUT2D eigenvalue weighted by Gasteiger charge is -2.23. The molecule has 0 bridgehead atoms. The molecule has 0 saturated carbocycles. The number of benzene rings is 3. The zero-order chi connectivity index (χ0) is 21.6. The van der Waals surface area contributed by atoms with E-state index in [4.69, 9.17) is 0 Å². The van der Waals surface area contributed by atoms with E-state index in [1.54, 1.807) is 18.2 Å². The molecule has 3 rings (SSSR count). The molecule has 6 heteroatoms. The molecule has 2 atom stereocenters. The first-order valence-electron chi connectivity index (χ1n) is 10.2. The van der Waals surface area contributed by atoms with Gasteiger partial charge in [0.1, 0.15) is 6.04 Å². The maximum atomic E-state index is 13.0. The van der Waals surface area contributed by atoms with Crippen LogP contribution in [0.25, 0.3) is 10.8 Å². The summed E-state index contributed by atoms with van der Waals surface area (Å²) in [6.45, 7) is 4.27. The Bertz CT molecular complexity index is 1100. The van der Waals surface area contributed by atoms with Crippen molar-refractivity contribution in [2.75, 3.05) is 6.54 Å². The molecule has 0 aliphatic heterocycles. The third kappa shape index (κ3) is 5.46. The van der Waals surface area contributed by atoms with Crippen LogP contribution in [0.2, 0.25) is 0 Å². The first kappa shape index (κ1) is 22.0. The van der Waals surface area contributed by atoms with Gasteiger partial charge in [-0.25, -0.2) is 8.42 Å². The van der Waals surface area contributed by atoms with E-state index in [1.807, 2.05) is 68.4 Å². The number of rotatable bonds is 9. The van der Waals surface area contributed by atoms with E-state index >= 15 is 0 Å². The van der Waals surface area contributed by atoms with E-state index in [1.165, 1.54) is 0 Å². The molecule has 0 aliphatic rings. The molecule has 30 heavy (non-hydrogen) atoms. The normalized spacial score (nSPS) is 13.7. The lowest BCUT2D eigenvalue weighted by molar-refractivity contribution is -0.123.